The summed E-state index contributed by atoms with van der Waals surface area (Å²) in [5, 5.41) is 21.8. The summed E-state index contributed by atoms with van der Waals surface area (Å²) in [6.07, 6.45) is 9.51. The van der Waals surface area contributed by atoms with E-state index in [2.05, 4.69) is 38.1 Å². The fourth-order valence-corrected chi connectivity index (χ4v) is 5.60. The van der Waals surface area contributed by atoms with Crippen LogP contribution in [-0.2, 0) is 0 Å². The van der Waals surface area contributed by atoms with Gasteiger partial charge >= 0.3 is 0 Å². The van der Waals surface area contributed by atoms with Gasteiger partial charge in [0.25, 0.3) is 0 Å². The molecular weight excluding hydrogens is 344 g/mol. The van der Waals surface area contributed by atoms with Gasteiger partial charge in [0, 0.05) is 17.0 Å². The van der Waals surface area contributed by atoms with Crippen LogP contribution < -0.4 is 0 Å². The average molecular weight is 377 g/mol. The predicted octanol–water partition coefficient (Wildman–Crippen LogP) is 6.46. The first-order chi connectivity index (χ1) is 13.3. The molecule has 4 rings (SSSR count). The molecule has 28 heavy (non-hydrogen) atoms. The Morgan fingerprint density at radius 3 is 1.86 bits per heavy atom. The highest BCUT2D eigenvalue weighted by molar-refractivity contribution is 5.53. The summed E-state index contributed by atoms with van der Waals surface area (Å²) in [5.74, 6) is 3.01. The van der Waals surface area contributed by atoms with Gasteiger partial charge in [0.2, 0.25) is 0 Å². The van der Waals surface area contributed by atoms with Crippen molar-refractivity contribution in [2.75, 3.05) is 0 Å². The van der Waals surface area contributed by atoms with Gasteiger partial charge in [-0.05, 0) is 82.3 Å². The first-order valence-corrected chi connectivity index (χ1v) is 10.6. The fourth-order valence-electron chi connectivity index (χ4n) is 5.60. The molecule has 0 heterocycles. The quantitative estimate of drug-likeness (QED) is 0.588. The van der Waals surface area contributed by atoms with Crippen molar-refractivity contribution in [3.8, 4) is 11.5 Å². The Kier molecular flexibility index (Phi) is 4.99. The van der Waals surface area contributed by atoms with Gasteiger partial charge in [-0.15, -0.1) is 0 Å². The highest BCUT2D eigenvalue weighted by Gasteiger charge is 2.36. The molecule has 2 aromatic rings. The van der Waals surface area contributed by atoms with E-state index in [1.165, 1.54) is 12.8 Å². The number of hydrogen-bond donors (Lipinski definition) is 2. The van der Waals surface area contributed by atoms with Crippen LogP contribution in [0.15, 0.2) is 36.4 Å². The van der Waals surface area contributed by atoms with Gasteiger partial charge in [0.1, 0.15) is 11.5 Å². The van der Waals surface area contributed by atoms with E-state index < -0.39 is 0 Å². The minimum atomic E-state index is 0.0142. The Morgan fingerprint density at radius 2 is 1.39 bits per heavy atom. The average Bonchev–Trinajstić information content (AvgIpc) is 3.26. The lowest BCUT2D eigenvalue weighted by Crippen LogP contribution is -2.11. The van der Waals surface area contributed by atoms with Crippen molar-refractivity contribution in [2.24, 2.45) is 17.8 Å². The Morgan fingerprint density at radius 1 is 0.821 bits per heavy atom. The third-order valence-corrected chi connectivity index (χ3v) is 6.94. The molecule has 3 atom stereocenters. The lowest BCUT2D eigenvalue weighted by molar-refractivity contribution is 0.386. The predicted molar refractivity (Wildman–Crippen MR) is 115 cm³/mol. The lowest BCUT2D eigenvalue weighted by Gasteiger charge is -2.26. The van der Waals surface area contributed by atoms with Gasteiger partial charge in [-0.2, -0.15) is 0 Å². The monoisotopic (exact) mass is 376 g/mol. The molecule has 2 bridgehead atoms. The van der Waals surface area contributed by atoms with Crippen LogP contribution in [-0.4, -0.2) is 10.2 Å². The van der Waals surface area contributed by atoms with Gasteiger partial charge in [0.15, 0.2) is 0 Å². The molecular formula is C26H32O2. The molecule has 148 valence electrons. The molecule has 2 heteroatoms. The maximum Gasteiger partial charge on any atom is 0.122 e. The number of fused-ring (bicyclic) bond motifs is 2. The summed E-state index contributed by atoms with van der Waals surface area (Å²) in [4.78, 5) is 0. The Hall–Kier alpha value is -2.22. The lowest BCUT2D eigenvalue weighted by atomic mass is 9.79. The van der Waals surface area contributed by atoms with Gasteiger partial charge in [-0.3, -0.25) is 0 Å². The molecule has 2 aliphatic carbocycles. The summed E-state index contributed by atoms with van der Waals surface area (Å²) in [6.45, 7) is 8.08. The number of phenols is 2. The Balaban J connectivity index is 1.72. The number of hydrogen-bond acceptors (Lipinski definition) is 2. The van der Waals surface area contributed by atoms with Gasteiger partial charge in [-0.25, -0.2) is 0 Å². The van der Waals surface area contributed by atoms with E-state index in [1.807, 2.05) is 26.0 Å². The van der Waals surface area contributed by atoms with E-state index in [1.54, 1.807) is 0 Å². The summed E-state index contributed by atoms with van der Waals surface area (Å²) in [6, 6.07) is 8.26. The van der Waals surface area contributed by atoms with Gasteiger partial charge in [0.05, 0.1) is 0 Å². The maximum atomic E-state index is 10.9. The van der Waals surface area contributed by atoms with Gasteiger partial charge < -0.3 is 10.2 Å². The molecule has 1 saturated carbocycles. The smallest absolute Gasteiger partial charge is 0.122 e. The number of aromatic hydroxyl groups is 2. The molecule has 0 radical (unpaired) electrons. The summed E-state index contributed by atoms with van der Waals surface area (Å²) in [7, 11) is 0. The number of phenolic OH excluding ortho intramolecular Hbond substituents is 2. The highest BCUT2D eigenvalue weighted by Crippen LogP contribution is 2.48. The minimum Gasteiger partial charge on any atom is -0.507 e. The standard InChI is InChI=1S/C26H32O2/c1-15-9-17(3)25(27)23(11-15)22(24-12-16(2)10-18(4)26(24)28)8-7-21-14-19-5-6-20(21)13-19/h5-6,9-12,19-22,27-28H,7-8,13-14H2,1-4H3. The van der Waals surface area contributed by atoms with E-state index in [-0.39, 0.29) is 5.92 Å². The number of benzene rings is 2. The largest absolute Gasteiger partial charge is 0.507 e. The van der Waals surface area contributed by atoms with E-state index in [9.17, 15) is 10.2 Å². The summed E-state index contributed by atoms with van der Waals surface area (Å²) in [5.41, 5.74) is 6.04. The zero-order valence-corrected chi connectivity index (χ0v) is 17.5. The van der Waals surface area contributed by atoms with Crippen molar-refractivity contribution in [2.45, 2.75) is 59.3 Å². The molecule has 2 N–H and O–H groups in total. The van der Waals surface area contributed by atoms with Crippen LogP contribution in [0.5, 0.6) is 11.5 Å². The summed E-state index contributed by atoms with van der Waals surface area (Å²) >= 11 is 0. The molecule has 0 spiro atoms. The third-order valence-electron chi connectivity index (χ3n) is 6.94. The number of rotatable bonds is 5. The van der Waals surface area contributed by atoms with Crippen molar-refractivity contribution in [1.82, 2.24) is 0 Å². The molecule has 2 nitrogen and oxygen atoms in total. The van der Waals surface area contributed by atoms with Crippen LogP contribution >= 0.6 is 0 Å². The molecule has 0 aromatic heterocycles. The maximum absolute atomic E-state index is 10.9. The molecule has 0 aliphatic heterocycles. The van der Waals surface area contributed by atoms with Crippen LogP contribution in [0.1, 0.15) is 65.0 Å². The van der Waals surface area contributed by atoms with E-state index >= 15 is 0 Å². The van der Waals surface area contributed by atoms with E-state index in [0.29, 0.717) is 11.5 Å². The van der Waals surface area contributed by atoms with Crippen LogP contribution in [0.25, 0.3) is 0 Å². The first kappa shape index (κ1) is 19.1. The topological polar surface area (TPSA) is 40.5 Å². The Labute approximate surface area is 168 Å². The molecule has 2 aromatic carbocycles. The zero-order chi connectivity index (χ0) is 20.0. The molecule has 2 aliphatic rings. The van der Waals surface area contributed by atoms with Crippen molar-refractivity contribution < 1.29 is 10.2 Å². The second-order valence-electron chi connectivity index (χ2n) is 9.21. The normalized spacial score (nSPS) is 23.1. The second-order valence-corrected chi connectivity index (χ2v) is 9.21. The first-order valence-electron chi connectivity index (χ1n) is 10.6. The van der Waals surface area contributed by atoms with Crippen LogP contribution in [0, 0.1) is 45.4 Å². The summed E-state index contributed by atoms with van der Waals surface area (Å²) < 4.78 is 0. The van der Waals surface area contributed by atoms with Crippen molar-refractivity contribution in [3.05, 3.63) is 69.8 Å². The Bertz CT molecular complexity index is 867. The molecule has 3 unspecified atom stereocenters. The van der Waals surface area contributed by atoms with Crippen LogP contribution in [0.2, 0.25) is 0 Å². The second kappa shape index (κ2) is 7.31. The van der Waals surface area contributed by atoms with Crippen molar-refractivity contribution in [1.29, 1.82) is 0 Å². The van der Waals surface area contributed by atoms with Crippen LogP contribution in [0.4, 0.5) is 0 Å². The molecule has 0 saturated heterocycles. The third kappa shape index (κ3) is 3.45. The fraction of sp³-hybridized carbons (Fsp3) is 0.462. The number of allylic oxidation sites excluding steroid dienone is 2. The van der Waals surface area contributed by atoms with Crippen molar-refractivity contribution in [3.63, 3.8) is 0 Å². The highest BCUT2D eigenvalue weighted by atomic mass is 16.3. The number of aryl methyl sites for hydroxylation is 4. The zero-order valence-electron chi connectivity index (χ0n) is 17.5. The van der Waals surface area contributed by atoms with Crippen molar-refractivity contribution >= 4 is 0 Å². The van der Waals surface area contributed by atoms with E-state index in [0.717, 1.165) is 64.0 Å². The minimum absolute atomic E-state index is 0.0142. The molecule has 1 fully saturated rings. The SMILES string of the molecule is Cc1cc(C)c(O)c(C(CCC2CC3C=CC2C3)c2cc(C)cc(C)c2O)c1. The van der Waals surface area contributed by atoms with Gasteiger partial charge in [-0.1, -0.05) is 47.5 Å². The molecule has 0 amide bonds. The van der Waals surface area contributed by atoms with Crippen LogP contribution in [0.3, 0.4) is 0 Å². The van der Waals surface area contributed by atoms with E-state index in [4.69, 9.17) is 0 Å².